The lowest BCUT2D eigenvalue weighted by Crippen LogP contribution is -2.44. The number of nitrogens with zero attached hydrogens (tertiary/aromatic N) is 4. The monoisotopic (exact) mass is 551 g/mol. The minimum atomic E-state index is -0.297. The van der Waals surface area contributed by atoms with Gasteiger partial charge in [0.25, 0.3) is 0 Å². The summed E-state index contributed by atoms with van der Waals surface area (Å²) in [5, 5.41) is 0. The molecular formula is C35H45N5O. The first-order valence-corrected chi connectivity index (χ1v) is 15.4. The normalized spacial score (nSPS) is 19.2. The van der Waals surface area contributed by atoms with Gasteiger partial charge in [0.15, 0.2) is 5.78 Å². The Hall–Kier alpha value is -3.38. The van der Waals surface area contributed by atoms with E-state index < -0.39 is 0 Å². The molecule has 0 bridgehead atoms. The van der Waals surface area contributed by atoms with E-state index in [2.05, 4.69) is 66.5 Å². The first-order chi connectivity index (χ1) is 19.6. The maximum atomic E-state index is 11.2. The van der Waals surface area contributed by atoms with Gasteiger partial charge in [0, 0.05) is 36.5 Å². The number of hydrogen-bond acceptors (Lipinski definition) is 5. The fourth-order valence-corrected chi connectivity index (χ4v) is 5.71. The molecule has 0 spiro atoms. The highest BCUT2D eigenvalue weighted by atomic mass is 16.1. The van der Waals surface area contributed by atoms with Crippen LogP contribution < -0.4 is 5.73 Å². The molecule has 3 aliphatic rings. The van der Waals surface area contributed by atoms with E-state index in [-0.39, 0.29) is 11.3 Å². The summed E-state index contributed by atoms with van der Waals surface area (Å²) in [4.78, 5) is 25.0. The van der Waals surface area contributed by atoms with Gasteiger partial charge in [-0.2, -0.15) is 0 Å². The molecule has 0 radical (unpaired) electrons. The number of rotatable bonds is 5. The average molecular weight is 552 g/mol. The Balaban J connectivity index is 0.000000160. The summed E-state index contributed by atoms with van der Waals surface area (Å²) in [5.74, 6) is 2.80. The zero-order valence-corrected chi connectivity index (χ0v) is 25.4. The maximum absolute atomic E-state index is 11.2. The molecule has 3 heterocycles. The Kier molecular flexibility index (Phi) is 8.42. The highest BCUT2D eigenvalue weighted by Gasteiger charge is 2.46. The molecule has 2 aromatic heterocycles. The molecule has 41 heavy (non-hydrogen) atoms. The first kappa shape index (κ1) is 29.1. The van der Waals surface area contributed by atoms with Gasteiger partial charge in [-0.1, -0.05) is 64.8 Å². The van der Waals surface area contributed by atoms with Crippen molar-refractivity contribution in [3.63, 3.8) is 0 Å². The van der Waals surface area contributed by atoms with Crippen molar-refractivity contribution < 1.29 is 4.79 Å². The molecule has 2 aliphatic carbocycles. The molecule has 0 amide bonds. The molecule has 1 aliphatic heterocycles. The SMILES string of the molecule is CC(=O)c1cccc(C2CC2(C)C)c1.CCCC.NC1(c2ncc(-c3ccc4nc5n(c4c3)CCC5)cn2)CCC1. The summed E-state index contributed by atoms with van der Waals surface area (Å²) in [6, 6.07) is 14.5. The predicted octanol–water partition coefficient (Wildman–Crippen LogP) is 7.99. The van der Waals surface area contributed by atoms with Gasteiger partial charge in [-0.25, -0.2) is 15.0 Å². The molecule has 6 heteroatoms. The van der Waals surface area contributed by atoms with Gasteiger partial charge in [0.1, 0.15) is 11.6 Å². The van der Waals surface area contributed by atoms with E-state index in [9.17, 15) is 4.79 Å². The smallest absolute Gasteiger partial charge is 0.159 e. The van der Waals surface area contributed by atoms with Crippen molar-refractivity contribution in [3.05, 3.63) is 77.6 Å². The zero-order chi connectivity index (χ0) is 29.2. The number of benzene rings is 2. The van der Waals surface area contributed by atoms with Crippen LogP contribution >= 0.6 is 0 Å². The van der Waals surface area contributed by atoms with Gasteiger partial charge in [0.05, 0.1) is 16.6 Å². The molecule has 216 valence electrons. The van der Waals surface area contributed by atoms with Crippen molar-refractivity contribution in [1.82, 2.24) is 19.5 Å². The largest absolute Gasteiger partial charge is 0.328 e. The molecule has 2 N–H and O–H groups in total. The average Bonchev–Trinajstić information content (AvgIpc) is 3.26. The number of aromatic nitrogens is 4. The number of ketones is 1. The number of carbonyl (C=O) groups excluding carboxylic acids is 1. The second kappa shape index (κ2) is 11.8. The van der Waals surface area contributed by atoms with E-state index in [1.807, 2.05) is 30.6 Å². The van der Waals surface area contributed by atoms with E-state index in [1.54, 1.807) is 6.92 Å². The standard InChI is InChI=1S/C18H19N5.C13H16O.C4H10/c19-18(6-2-7-18)17-20-10-13(11-21-17)12-4-5-14-15(9-12)23-8-1-3-16(23)22-14;1-9(14)10-5-4-6-11(7-10)12-8-13(12,2)3;1-3-4-2/h4-5,9-11H,1-3,6-8,19H2;4-7,12H,8H2,1-3H3;3-4H2,1-2H3. The Bertz CT molecular complexity index is 1510. The van der Waals surface area contributed by atoms with Gasteiger partial charge < -0.3 is 10.3 Å². The van der Waals surface area contributed by atoms with Gasteiger partial charge in [-0.15, -0.1) is 0 Å². The van der Waals surface area contributed by atoms with Crippen molar-refractivity contribution in [3.8, 4) is 11.1 Å². The van der Waals surface area contributed by atoms with Gasteiger partial charge >= 0.3 is 0 Å². The quantitative estimate of drug-likeness (QED) is 0.254. The number of unbranched alkanes of at least 4 members (excludes halogenated alkanes) is 1. The summed E-state index contributed by atoms with van der Waals surface area (Å²) in [6.07, 6.45) is 13.1. The van der Waals surface area contributed by atoms with Crippen LogP contribution in [0.5, 0.6) is 0 Å². The highest BCUT2D eigenvalue weighted by molar-refractivity contribution is 5.94. The van der Waals surface area contributed by atoms with Gasteiger partial charge in [-0.3, -0.25) is 4.79 Å². The van der Waals surface area contributed by atoms with E-state index in [1.165, 1.54) is 49.0 Å². The number of hydrogen-bond donors (Lipinski definition) is 1. The van der Waals surface area contributed by atoms with Crippen LogP contribution in [0, 0.1) is 5.41 Å². The van der Waals surface area contributed by atoms with E-state index in [0.717, 1.165) is 53.8 Å². The maximum Gasteiger partial charge on any atom is 0.159 e. The lowest BCUT2D eigenvalue weighted by molar-refractivity contribution is 0.101. The zero-order valence-electron chi connectivity index (χ0n) is 25.4. The summed E-state index contributed by atoms with van der Waals surface area (Å²) >= 11 is 0. The van der Waals surface area contributed by atoms with Crippen molar-refractivity contribution in [1.29, 1.82) is 0 Å². The summed E-state index contributed by atoms with van der Waals surface area (Å²) < 4.78 is 2.33. The van der Waals surface area contributed by atoms with Crippen LogP contribution in [-0.4, -0.2) is 25.3 Å². The van der Waals surface area contributed by atoms with E-state index in [4.69, 9.17) is 10.7 Å². The predicted molar refractivity (Wildman–Crippen MR) is 167 cm³/mol. The van der Waals surface area contributed by atoms with Crippen LogP contribution in [0.15, 0.2) is 54.9 Å². The van der Waals surface area contributed by atoms with Crippen LogP contribution in [-0.2, 0) is 18.5 Å². The molecule has 0 saturated heterocycles. The Morgan fingerprint density at radius 1 is 1.00 bits per heavy atom. The Labute approximate surface area is 244 Å². The fraction of sp³-hybridized carbons (Fsp3) is 0.486. The molecule has 2 aromatic carbocycles. The number of fused-ring (bicyclic) bond motifs is 3. The second-order valence-electron chi connectivity index (χ2n) is 12.7. The minimum absolute atomic E-state index is 0.158. The topological polar surface area (TPSA) is 86.7 Å². The minimum Gasteiger partial charge on any atom is -0.328 e. The Morgan fingerprint density at radius 3 is 2.29 bits per heavy atom. The molecular weight excluding hydrogens is 506 g/mol. The molecule has 1 atom stereocenters. The van der Waals surface area contributed by atoms with Crippen molar-refractivity contribution in [2.24, 2.45) is 11.1 Å². The molecule has 4 aromatic rings. The third-order valence-electron chi connectivity index (χ3n) is 8.99. The van der Waals surface area contributed by atoms with E-state index in [0.29, 0.717) is 11.3 Å². The third kappa shape index (κ3) is 6.28. The summed E-state index contributed by atoms with van der Waals surface area (Å²) in [7, 11) is 0. The molecule has 7 rings (SSSR count). The second-order valence-corrected chi connectivity index (χ2v) is 12.7. The number of imidazole rings is 1. The van der Waals surface area contributed by atoms with Gasteiger partial charge in [-0.05, 0) is 79.7 Å². The number of Topliss-reactive ketones (excluding diaryl/α,β-unsaturated/α-hetero) is 1. The number of carbonyl (C=O) groups is 1. The lowest BCUT2D eigenvalue weighted by Gasteiger charge is -2.36. The van der Waals surface area contributed by atoms with Crippen molar-refractivity contribution in [2.75, 3.05) is 0 Å². The number of aryl methyl sites for hydroxylation is 2. The Morgan fingerprint density at radius 2 is 1.71 bits per heavy atom. The lowest BCUT2D eigenvalue weighted by atomic mass is 9.77. The van der Waals surface area contributed by atoms with Crippen LogP contribution in [0.1, 0.15) is 113 Å². The molecule has 1 unspecified atom stereocenters. The van der Waals surface area contributed by atoms with Crippen LogP contribution in [0.25, 0.3) is 22.2 Å². The summed E-state index contributed by atoms with van der Waals surface area (Å²) in [5.41, 5.74) is 13.1. The van der Waals surface area contributed by atoms with Crippen LogP contribution in [0.3, 0.4) is 0 Å². The van der Waals surface area contributed by atoms with E-state index >= 15 is 0 Å². The highest BCUT2D eigenvalue weighted by Crippen LogP contribution is 2.58. The van der Waals surface area contributed by atoms with Crippen LogP contribution in [0.4, 0.5) is 0 Å². The third-order valence-corrected chi connectivity index (χ3v) is 8.99. The van der Waals surface area contributed by atoms with Gasteiger partial charge in [0.2, 0.25) is 0 Å². The first-order valence-electron chi connectivity index (χ1n) is 15.4. The summed E-state index contributed by atoms with van der Waals surface area (Å²) in [6.45, 7) is 11.6. The number of nitrogens with two attached hydrogens (primary N) is 1. The van der Waals surface area contributed by atoms with Crippen molar-refractivity contribution >= 4 is 16.8 Å². The fourth-order valence-electron chi connectivity index (χ4n) is 5.71. The van der Waals surface area contributed by atoms with Crippen molar-refractivity contribution in [2.45, 2.75) is 104 Å². The molecule has 6 nitrogen and oxygen atoms in total. The van der Waals surface area contributed by atoms with Crippen LogP contribution in [0.2, 0.25) is 0 Å². The molecule has 2 saturated carbocycles. The molecule has 2 fully saturated rings.